The molecule has 0 atom stereocenters. The molecule has 32 heavy (non-hydrogen) atoms. The standard InChI is InChI=1S/C16H11F4N4O6S.Al/c1-22-12(16(18,19)20)5-13(26)23(15(22)28)11-4-10(8(6-21)3-9(11)17)24(14(27)7-25)31(2,29)30;/h3-5H,7H2,1-2H3;/q-1;+1. The number of rotatable bonds is 5. The summed E-state index contributed by atoms with van der Waals surface area (Å²) in [5, 5.41) is 9.27. The number of carbonyl (C=O) groups is 1. The highest BCUT2D eigenvalue weighted by molar-refractivity contribution is 7.92. The second-order valence-electron chi connectivity index (χ2n) is 6.21. The first-order chi connectivity index (χ1) is 14.6. The predicted octanol–water partition coefficient (Wildman–Crippen LogP) is -0.0415. The quantitative estimate of drug-likeness (QED) is 0.425. The lowest BCUT2D eigenvalue weighted by molar-refractivity contribution is -0.144. The molecule has 0 N–H and O–H groups in total. The van der Waals surface area contributed by atoms with Crippen LogP contribution in [0, 0.1) is 17.1 Å². The van der Waals surface area contributed by atoms with E-state index in [1.165, 1.54) is 6.07 Å². The summed E-state index contributed by atoms with van der Waals surface area (Å²) in [7, 11) is -3.75. The molecule has 0 spiro atoms. The van der Waals surface area contributed by atoms with Gasteiger partial charge in [-0.05, 0) is 12.1 Å². The van der Waals surface area contributed by atoms with Crippen LogP contribution in [0.5, 0.6) is 0 Å². The van der Waals surface area contributed by atoms with E-state index in [1.54, 1.807) is 16.6 Å². The normalized spacial score (nSPS) is 11.8. The summed E-state index contributed by atoms with van der Waals surface area (Å²) in [6.45, 7) is -0.808. The largest absolute Gasteiger partial charge is 0.509 e. The summed E-state index contributed by atoms with van der Waals surface area (Å²) in [6, 6.07) is 2.46. The zero-order valence-corrected chi connectivity index (χ0v) is 18.1. The smallest absolute Gasteiger partial charge is 0.431 e. The van der Waals surface area contributed by atoms with Crippen LogP contribution in [0.2, 0.25) is 0 Å². The Morgan fingerprint density at radius 1 is 1.28 bits per heavy atom. The van der Waals surface area contributed by atoms with Crippen LogP contribution in [-0.2, 0) is 31.8 Å². The van der Waals surface area contributed by atoms with Crippen molar-refractivity contribution in [1.82, 2.24) is 9.13 Å². The third-order valence-electron chi connectivity index (χ3n) is 4.02. The van der Waals surface area contributed by atoms with Gasteiger partial charge in [0.15, 0.2) is 0 Å². The van der Waals surface area contributed by atoms with Crippen molar-refractivity contribution >= 4 is 38.2 Å². The van der Waals surface area contributed by atoms with Crippen LogP contribution >= 0.6 is 0 Å². The zero-order valence-electron chi connectivity index (χ0n) is 16.2. The average molecular weight is 490 g/mol. The fourth-order valence-electron chi connectivity index (χ4n) is 2.73. The Morgan fingerprint density at radius 2 is 1.88 bits per heavy atom. The van der Waals surface area contributed by atoms with Crippen LogP contribution in [0.3, 0.4) is 0 Å². The van der Waals surface area contributed by atoms with Gasteiger partial charge in [-0.3, -0.25) is 14.2 Å². The van der Waals surface area contributed by atoms with Gasteiger partial charge < -0.3 is 3.79 Å². The molecule has 0 saturated heterocycles. The first-order valence-corrected chi connectivity index (χ1v) is 10.5. The molecule has 1 heterocycles. The number of benzene rings is 1. The lowest BCUT2D eigenvalue weighted by Gasteiger charge is -2.22. The number of hydrogen-bond acceptors (Lipinski definition) is 7. The summed E-state index contributed by atoms with van der Waals surface area (Å²) >= 11 is 1.69. The lowest BCUT2D eigenvalue weighted by Crippen LogP contribution is -2.42. The summed E-state index contributed by atoms with van der Waals surface area (Å²) in [4.78, 5) is 37.0. The van der Waals surface area contributed by atoms with E-state index in [0.717, 1.165) is 0 Å². The number of anilines is 1. The Kier molecular flexibility index (Phi) is 7.01. The van der Waals surface area contributed by atoms with E-state index in [0.29, 0.717) is 25.4 Å². The molecule has 10 nitrogen and oxygen atoms in total. The van der Waals surface area contributed by atoms with Crippen molar-refractivity contribution in [2.45, 2.75) is 6.18 Å². The van der Waals surface area contributed by atoms with Gasteiger partial charge in [0.25, 0.3) is 11.5 Å². The van der Waals surface area contributed by atoms with Crippen molar-refractivity contribution in [2.24, 2.45) is 7.05 Å². The van der Waals surface area contributed by atoms with Crippen LogP contribution in [0.15, 0.2) is 27.8 Å². The van der Waals surface area contributed by atoms with E-state index in [4.69, 9.17) is 0 Å². The third kappa shape index (κ3) is 4.76. The monoisotopic (exact) mass is 490 g/mol. The van der Waals surface area contributed by atoms with E-state index in [2.05, 4.69) is 3.79 Å². The maximum Gasteiger partial charge on any atom is 0.431 e. The molecule has 0 aliphatic carbocycles. The van der Waals surface area contributed by atoms with Crippen molar-refractivity contribution < 1.29 is 34.6 Å². The van der Waals surface area contributed by atoms with Crippen molar-refractivity contribution in [3.05, 3.63) is 56.1 Å². The van der Waals surface area contributed by atoms with Crippen LogP contribution in [-0.4, -0.2) is 52.9 Å². The number of nitrogens with zero attached hydrogens (tertiary/aromatic N) is 4. The van der Waals surface area contributed by atoms with Gasteiger partial charge in [0.05, 0.1) is 29.8 Å². The van der Waals surface area contributed by atoms with Crippen LogP contribution in [0.1, 0.15) is 11.3 Å². The molecule has 0 aliphatic heterocycles. The third-order valence-corrected chi connectivity index (χ3v) is 5.25. The summed E-state index contributed by atoms with van der Waals surface area (Å²) in [6.07, 6.45) is -4.49. The topological polar surface area (TPSA) is 131 Å². The molecule has 0 unspecified atom stereocenters. The molecule has 2 radical (unpaired) electrons. The first kappa shape index (κ1) is 25.3. The van der Waals surface area contributed by atoms with Crippen LogP contribution < -0.4 is 15.6 Å². The van der Waals surface area contributed by atoms with Crippen LogP contribution in [0.4, 0.5) is 23.2 Å². The Bertz CT molecular complexity index is 1360. The van der Waals surface area contributed by atoms with Crippen molar-refractivity contribution in [1.29, 1.82) is 5.26 Å². The van der Waals surface area contributed by atoms with Gasteiger partial charge in [0.1, 0.15) is 17.6 Å². The summed E-state index contributed by atoms with van der Waals surface area (Å²) in [5.74, 6) is -2.63. The second-order valence-corrected chi connectivity index (χ2v) is 8.37. The predicted molar refractivity (Wildman–Crippen MR) is 101 cm³/mol. The molecule has 0 fully saturated rings. The van der Waals surface area contributed by atoms with Crippen LogP contribution in [0.25, 0.3) is 5.69 Å². The van der Waals surface area contributed by atoms with E-state index in [-0.39, 0.29) is 19.5 Å². The molecule has 2 rings (SSSR count). The van der Waals surface area contributed by atoms with Crippen molar-refractivity contribution in [3.63, 3.8) is 0 Å². The molecular weight excluding hydrogens is 479 g/mol. The highest BCUT2D eigenvalue weighted by atomic mass is 32.2. The van der Waals surface area contributed by atoms with E-state index >= 15 is 0 Å². The molecule has 2 aromatic rings. The van der Waals surface area contributed by atoms with Gasteiger partial charge in [-0.25, -0.2) is 26.5 Å². The average Bonchev–Trinajstić information content (AvgIpc) is 2.65. The molecule has 0 bridgehead atoms. The molecule has 16 heteroatoms. The maximum absolute atomic E-state index is 14.7. The van der Waals surface area contributed by atoms with E-state index in [9.17, 15) is 45.6 Å². The van der Waals surface area contributed by atoms with Gasteiger partial charge >= 0.3 is 28.5 Å². The highest BCUT2D eigenvalue weighted by Crippen LogP contribution is 2.29. The minimum absolute atomic E-state index is 0.00629. The zero-order chi connectivity index (χ0) is 24.6. The first-order valence-electron chi connectivity index (χ1n) is 8.14. The Morgan fingerprint density at radius 3 is 2.34 bits per heavy atom. The van der Waals surface area contributed by atoms with Gasteiger partial charge in [0.2, 0.25) is 10.0 Å². The van der Waals surface area contributed by atoms with Gasteiger partial charge in [-0.2, -0.15) is 18.4 Å². The number of carbonyl (C=O) groups excluding carboxylic acids is 1. The SMILES string of the molecule is Cn1c(C(F)(F)F)cc(=O)n(-c2cc(N(C(=O)C[O][Al])S(C)(=O)=O)c(C#N)cc2F)c1=O. The molecular formula is C16H11AlF4N4O6S. The van der Waals surface area contributed by atoms with E-state index < -0.39 is 68.4 Å². The van der Waals surface area contributed by atoms with Gasteiger partial charge in [0, 0.05) is 13.1 Å². The molecule has 1 amide bonds. The minimum atomic E-state index is -5.07. The fraction of sp³-hybridized carbons (Fsp3) is 0.250. The number of alkyl halides is 3. The summed E-state index contributed by atoms with van der Waals surface area (Å²) < 4.78 is 82.8. The Hall–Kier alpha value is -2.98. The number of aromatic nitrogens is 2. The molecule has 0 saturated carbocycles. The highest BCUT2D eigenvalue weighted by Gasteiger charge is 2.35. The molecule has 1 aromatic carbocycles. The fourth-order valence-corrected chi connectivity index (χ4v) is 3.80. The minimum Gasteiger partial charge on any atom is -0.509 e. The summed E-state index contributed by atoms with van der Waals surface area (Å²) in [5.41, 5.74) is -7.20. The molecule has 168 valence electrons. The number of halogens is 4. The molecule has 0 aliphatic rings. The lowest BCUT2D eigenvalue weighted by atomic mass is 10.1. The Balaban J connectivity index is 2.95. The number of nitriles is 1. The van der Waals surface area contributed by atoms with Crippen molar-refractivity contribution in [2.75, 3.05) is 17.2 Å². The number of sulfonamides is 1. The second kappa shape index (κ2) is 8.87. The Labute approximate surface area is 185 Å². The van der Waals surface area contributed by atoms with Gasteiger partial charge in [-0.15, -0.1) is 0 Å². The molecule has 1 aromatic heterocycles. The van der Waals surface area contributed by atoms with Crippen molar-refractivity contribution in [3.8, 4) is 11.8 Å². The van der Waals surface area contributed by atoms with E-state index in [1.807, 2.05) is 0 Å². The maximum atomic E-state index is 14.7. The number of amides is 1. The number of hydrogen-bond donors (Lipinski definition) is 0. The van der Waals surface area contributed by atoms with Gasteiger partial charge in [-0.1, -0.05) is 0 Å².